The predicted octanol–water partition coefficient (Wildman–Crippen LogP) is 13.5. The van der Waals surface area contributed by atoms with E-state index in [2.05, 4.69) is 215 Å². The van der Waals surface area contributed by atoms with Crippen molar-refractivity contribution in [3.63, 3.8) is 0 Å². The molecule has 0 atom stereocenters. The molecule has 6 heteroatoms. The van der Waals surface area contributed by atoms with E-state index in [1.165, 1.54) is 22.3 Å². The fraction of sp³-hybridized carbons (Fsp3) is 0.0345. The van der Waals surface area contributed by atoms with Crippen LogP contribution in [-0.4, -0.2) is 29.1 Å². The van der Waals surface area contributed by atoms with Crippen LogP contribution < -0.4 is 0 Å². The predicted molar refractivity (Wildman–Crippen MR) is 259 cm³/mol. The van der Waals surface area contributed by atoms with Gasteiger partial charge in [0.2, 0.25) is 11.9 Å². The minimum atomic E-state index is -0.0410. The molecule has 12 aromatic rings. The van der Waals surface area contributed by atoms with E-state index in [-0.39, 0.29) is 11.8 Å². The average Bonchev–Trinajstić information content (AvgIpc) is 3.88. The molecule has 0 aliphatic rings. The summed E-state index contributed by atoms with van der Waals surface area (Å²) in [5.74, 6) is 1.21. The van der Waals surface area contributed by atoms with E-state index in [0.717, 1.165) is 66.1 Å². The van der Waals surface area contributed by atoms with Crippen molar-refractivity contribution >= 4 is 43.6 Å². The summed E-state index contributed by atoms with van der Waals surface area (Å²) in [6.07, 6.45) is 3.78. The summed E-state index contributed by atoms with van der Waals surface area (Å²) < 4.78 is 4.41. The first-order chi connectivity index (χ1) is 31.8. The Morgan fingerprint density at radius 3 is 1.00 bits per heavy atom. The van der Waals surface area contributed by atoms with Crippen molar-refractivity contribution in [3.8, 4) is 23.0 Å². The van der Waals surface area contributed by atoms with Crippen LogP contribution in [0.4, 0.5) is 0 Å². The van der Waals surface area contributed by atoms with Crippen molar-refractivity contribution < 1.29 is 0 Å². The van der Waals surface area contributed by atoms with Gasteiger partial charge in [-0.25, -0.2) is 19.9 Å². The molecule has 0 bridgehead atoms. The Balaban J connectivity index is 0.966. The average molecular weight is 821 g/mol. The number of para-hydroxylation sites is 2. The molecule has 0 radical (unpaired) electrons. The van der Waals surface area contributed by atoms with Crippen molar-refractivity contribution in [2.75, 3.05) is 0 Å². The number of hydrogen-bond acceptors (Lipinski definition) is 4. The van der Waals surface area contributed by atoms with Gasteiger partial charge in [0.1, 0.15) is 0 Å². The third-order valence-electron chi connectivity index (χ3n) is 12.5. The lowest BCUT2D eigenvalue weighted by Gasteiger charge is -2.18. The minimum absolute atomic E-state index is 0.0410. The van der Waals surface area contributed by atoms with Gasteiger partial charge in [-0.2, -0.15) is 0 Å². The molecule has 6 nitrogen and oxygen atoms in total. The molecular weight excluding hydrogens is 781 g/mol. The molecular formula is C58H40N6. The summed E-state index contributed by atoms with van der Waals surface area (Å²) >= 11 is 0. The van der Waals surface area contributed by atoms with Crippen LogP contribution in [0.5, 0.6) is 0 Å². The fourth-order valence-electron chi connectivity index (χ4n) is 9.65. The molecule has 0 amide bonds. The van der Waals surface area contributed by atoms with Gasteiger partial charge in [0.15, 0.2) is 0 Å². The highest BCUT2D eigenvalue weighted by Gasteiger charge is 2.23. The van der Waals surface area contributed by atoms with Gasteiger partial charge in [-0.05, 0) is 81.9 Å². The normalized spacial score (nSPS) is 11.7. The number of fused-ring (bicyclic) bond motifs is 6. The molecule has 0 spiro atoms. The van der Waals surface area contributed by atoms with E-state index in [0.29, 0.717) is 11.9 Å². The number of nitrogens with zero attached hydrogens (tertiary/aromatic N) is 6. The Hall–Kier alpha value is -8.48. The summed E-state index contributed by atoms with van der Waals surface area (Å²) in [6.45, 7) is 0. The quantitative estimate of drug-likeness (QED) is 0.145. The van der Waals surface area contributed by atoms with Crippen LogP contribution in [0.15, 0.2) is 231 Å². The highest BCUT2D eigenvalue weighted by Crippen LogP contribution is 2.39. The Morgan fingerprint density at radius 1 is 0.297 bits per heavy atom. The zero-order valence-electron chi connectivity index (χ0n) is 34.8. The molecule has 4 heterocycles. The largest absolute Gasteiger partial charge is 0.278 e. The van der Waals surface area contributed by atoms with E-state index in [1.807, 2.05) is 24.5 Å². The lowest BCUT2D eigenvalue weighted by molar-refractivity contribution is 0.871. The smallest absolute Gasteiger partial charge is 0.234 e. The second-order valence-electron chi connectivity index (χ2n) is 16.2. The first-order valence-corrected chi connectivity index (χ1v) is 21.7. The number of rotatable bonds is 9. The molecule has 0 N–H and O–H groups in total. The molecule has 64 heavy (non-hydrogen) atoms. The van der Waals surface area contributed by atoms with Crippen molar-refractivity contribution in [1.82, 2.24) is 29.1 Å². The summed E-state index contributed by atoms with van der Waals surface area (Å²) in [4.78, 5) is 20.5. The maximum Gasteiger partial charge on any atom is 0.234 e. The molecule has 0 saturated carbocycles. The van der Waals surface area contributed by atoms with Crippen molar-refractivity contribution in [2.45, 2.75) is 11.8 Å². The second-order valence-corrected chi connectivity index (χ2v) is 16.2. The molecule has 4 aromatic heterocycles. The molecule has 0 aliphatic heterocycles. The minimum Gasteiger partial charge on any atom is -0.278 e. The van der Waals surface area contributed by atoms with Crippen LogP contribution in [0.3, 0.4) is 0 Å². The maximum atomic E-state index is 5.32. The van der Waals surface area contributed by atoms with E-state index in [1.54, 1.807) is 0 Å². The van der Waals surface area contributed by atoms with E-state index in [9.17, 15) is 0 Å². The zero-order chi connectivity index (χ0) is 42.4. The maximum absolute atomic E-state index is 5.32. The molecule has 0 aliphatic carbocycles. The second kappa shape index (κ2) is 15.8. The summed E-state index contributed by atoms with van der Waals surface area (Å²) in [6, 6.07) is 77.1. The first kappa shape index (κ1) is 37.3. The number of benzene rings is 8. The van der Waals surface area contributed by atoms with Gasteiger partial charge in [-0.1, -0.05) is 170 Å². The lowest BCUT2D eigenvalue weighted by Crippen LogP contribution is -2.09. The van der Waals surface area contributed by atoms with Crippen LogP contribution in [0.1, 0.15) is 45.5 Å². The van der Waals surface area contributed by atoms with Crippen LogP contribution in [-0.2, 0) is 0 Å². The Kier molecular flexibility index (Phi) is 9.19. The van der Waals surface area contributed by atoms with Crippen molar-refractivity contribution in [2.24, 2.45) is 0 Å². The van der Waals surface area contributed by atoms with Crippen LogP contribution >= 0.6 is 0 Å². The third-order valence-corrected chi connectivity index (χ3v) is 12.5. The van der Waals surface area contributed by atoms with Gasteiger partial charge in [0.25, 0.3) is 0 Å². The van der Waals surface area contributed by atoms with E-state index < -0.39 is 0 Å². The van der Waals surface area contributed by atoms with Crippen molar-refractivity contribution in [3.05, 3.63) is 264 Å². The Labute approximate surface area is 370 Å². The summed E-state index contributed by atoms with van der Waals surface area (Å²) in [5, 5.41) is 4.58. The topological polar surface area (TPSA) is 61.4 Å². The number of hydrogen-bond donors (Lipinski definition) is 0. The Morgan fingerprint density at radius 2 is 0.625 bits per heavy atom. The lowest BCUT2D eigenvalue weighted by atomic mass is 9.88. The Bertz CT molecular complexity index is 3300. The van der Waals surface area contributed by atoms with Gasteiger partial charge in [-0.15, -0.1) is 0 Å². The summed E-state index contributed by atoms with van der Waals surface area (Å²) in [7, 11) is 0. The third kappa shape index (κ3) is 6.43. The van der Waals surface area contributed by atoms with Crippen molar-refractivity contribution in [1.29, 1.82) is 0 Å². The number of aromatic nitrogens is 6. The molecule has 12 rings (SSSR count). The van der Waals surface area contributed by atoms with Gasteiger partial charge < -0.3 is 0 Å². The van der Waals surface area contributed by atoms with Gasteiger partial charge >= 0.3 is 0 Å². The van der Waals surface area contributed by atoms with E-state index in [4.69, 9.17) is 19.9 Å². The zero-order valence-corrected chi connectivity index (χ0v) is 34.8. The highest BCUT2D eigenvalue weighted by molar-refractivity contribution is 6.12. The SMILES string of the molecule is c1ccc(C(c2ccccc2)c2ccnc(-n3c4ccccc4c4cc(-c5ccc6c(c5)c5ccccc5n6-c5nccc(C(c6ccccc6)c6ccccc6)n5)ccc43)n2)cc1. The molecule has 0 saturated heterocycles. The first-order valence-electron chi connectivity index (χ1n) is 21.7. The van der Waals surface area contributed by atoms with Gasteiger partial charge in [0.05, 0.1) is 45.3 Å². The highest BCUT2D eigenvalue weighted by atomic mass is 15.2. The molecule has 0 fully saturated rings. The van der Waals surface area contributed by atoms with Gasteiger partial charge in [-0.3, -0.25) is 9.13 Å². The van der Waals surface area contributed by atoms with Gasteiger partial charge in [0, 0.05) is 33.9 Å². The fourth-order valence-corrected chi connectivity index (χ4v) is 9.65. The van der Waals surface area contributed by atoms with Crippen LogP contribution in [0.25, 0.3) is 66.6 Å². The summed E-state index contributed by atoms with van der Waals surface area (Å²) in [5.41, 5.74) is 13.1. The molecule has 302 valence electrons. The van der Waals surface area contributed by atoms with Crippen LogP contribution in [0, 0.1) is 0 Å². The molecule has 0 unspecified atom stereocenters. The standard InChI is InChI=1S/C58H40N6/c1-5-17-39(18-6-1)55(40-19-7-2-8-20-40)49-33-35-59-57(61-49)63-51-27-15-13-25-45(51)47-37-43(29-31-53(47)63)44-30-32-54-48(38-44)46-26-14-16-28-52(46)64(54)58-60-36-34-50(62-58)56(41-21-9-3-10-22-41)42-23-11-4-12-24-42/h1-38,55-56H. The van der Waals surface area contributed by atoms with E-state index >= 15 is 0 Å². The monoisotopic (exact) mass is 820 g/mol. The van der Waals surface area contributed by atoms with Crippen LogP contribution in [0.2, 0.25) is 0 Å². The molecule has 8 aromatic carbocycles.